The van der Waals surface area contributed by atoms with Crippen molar-refractivity contribution in [2.45, 2.75) is 50.2 Å². The lowest BCUT2D eigenvalue weighted by molar-refractivity contribution is -0.140. The summed E-state index contributed by atoms with van der Waals surface area (Å²) in [5.74, 6) is -0.400. The first-order chi connectivity index (χ1) is 23.0. The molecule has 9 nitrogen and oxygen atoms in total. The van der Waals surface area contributed by atoms with Gasteiger partial charge in [-0.15, -0.1) is 0 Å². The zero-order chi connectivity index (χ0) is 34.8. The molecule has 0 saturated heterocycles. The molecule has 4 rings (SSSR count). The second kappa shape index (κ2) is 16.7. The Morgan fingerprint density at radius 3 is 2.02 bits per heavy atom. The standard InChI is InChI=1S/C36H39Cl2N3O6S/c1-5-25(2)39-36(43)32(21-26-13-8-6-9-14-26)40(23-29-30(37)17-12-18-31(29)38)35(42)24-41(48(44,45)28-15-10-7-11-16-28)27-19-20-33(46-3)34(22-27)47-4/h6-20,22,25,32H,5,21,23-24H2,1-4H3,(H,39,43). The van der Waals surface area contributed by atoms with E-state index in [1.165, 1.54) is 43.4 Å². The Hall–Kier alpha value is -4.25. The monoisotopic (exact) mass is 711 g/mol. The zero-order valence-corrected chi connectivity index (χ0v) is 29.6. The summed E-state index contributed by atoms with van der Waals surface area (Å²) in [6, 6.07) is 25.4. The molecule has 12 heteroatoms. The van der Waals surface area contributed by atoms with Crippen molar-refractivity contribution in [3.05, 3.63) is 118 Å². The molecule has 0 aliphatic carbocycles. The topological polar surface area (TPSA) is 105 Å². The minimum atomic E-state index is -4.31. The van der Waals surface area contributed by atoms with Crippen LogP contribution in [0.15, 0.2) is 102 Å². The molecule has 0 spiro atoms. The van der Waals surface area contributed by atoms with Gasteiger partial charge < -0.3 is 19.7 Å². The van der Waals surface area contributed by atoms with Crippen molar-refractivity contribution >= 4 is 50.7 Å². The van der Waals surface area contributed by atoms with E-state index in [4.69, 9.17) is 32.7 Å². The number of halogens is 2. The number of hydrogen-bond donors (Lipinski definition) is 1. The molecule has 254 valence electrons. The van der Waals surface area contributed by atoms with E-state index in [0.29, 0.717) is 27.8 Å². The summed E-state index contributed by atoms with van der Waals surface area (Å²) < 4.78 is 40.3. The van der Waals surface area contributed by atoms with Crippen LogP contribution >= 0.6 is 23.2 Å². The number of ether oxygens (including phenoxy) is 2. The van der Waals surface area contributed by atoms with E-state index in [1.807, 2.05) is 44.2 Å². The molecule has 0 bridgehead atoms. The van der Waals surface area contributed by atoms with Crippen molar-refractivity contribution in [2.75, 3.05) is 25.1 Å². The molecule has 0 radical (unpaired) electrons. The average molecular weight is 713 g/mol. The lowest BCUT2D eigenvalue weighted by Gasteiger charge is -2.34. The maximum atomic E-state index is 14.7. The smallest absolute Gasteiger partial charge is 0.264 e. The van der Waals surface area contributed by atoms with Crippen LogP contribution in [0.4, 0.5) is 5.69 Å². The van der Waals surface area contributed by atoms with E-state index in [-0.39, 0.29) is 35.3 Å². The fourth-order valence-electron chi connectivity index (χ4n) is 5.08. The highest BCUT2D eigenvalue weighted by Crippen LogP contribution is 2.34. The lowest BCUT2D eigenvalue weighted by Crippen LogP contribution is -2.54. The first-order valence-electron chi connectivity index (χ1n) is 15.4. The first kappa shape index (κ1) is 36.6. The highest BCUT2D eigenvalue weighted by atomic mass is 35.5. The van der Waals surface area contributed by atoms with Gasteiger partial charge in [0.1, 0.15) is 12.6 Å². The fourth-order valence-corrected chi connectivity index (χ4v) is 7.02. The molecule has 2 unspecified atom stereocenters. The third kappa shape index (κ3) is 8.80. The van der Waals surface area contributed by atoms with Crippen molar-refractivity contribution < 1.29 is 27.5 Å². The lowest BCUT2D eigenvalue weighted by atomic mass is 10.0. The molecule has 0 aromatic heterocycles. The van der Waals surface area contributed by atoms with Crippen molar-refractivity contribution in [1.29, 1.82) is 0 Å². The van der Waals surface area contributed by atoms with Crippen LogP contribution in [0.5, 0.6) is 11.5 Å². The van der Waals surface area contributed by atoms with Gasteiger partial charge in [0.05, 0.1) is 24.8 Å². The van der Waals surface area contributed by atoms with Gasteiger partial charge in [-0.05, 0) is 55.3 Å². The van der Waals surface area contributed by atoms with Crippen LogP contribution in [0.2, 0.25) is 10.0 Å². The van der Waals surface area contributed by atoms with Gasteiger partial charge in [0.25, 0.3) is 10.0 Å². The minimum Gasteiger partial charge on any atom is -0.493 e. The summed E-state index contributed by atoms with van der Waals surface area (Å²) in [7, 11) is -1.41. The Balaban J connectivity index is 1.87. The van der Waals surface area contributed by atoms with Gasteiger partial charge in [-0.3, -0.25) is 13.9 Å². The normalized spacial score (nSPS) is 12.5. The highest BCUT2D eigenvalue weighted by Gasteiger charge is 2.35. The number of carbonyl (C=O) groups excluding carboxylic acids is 2. The predicted molar refractivity (Wildman–Crippen MR) is 189 cm³/mol. The summed E-state index contributed by atoms with van der Waals surface area (Å²) in [4.78, 5) is 30.0. The zero-order valence-electron chi connectivity index (χ0n) is 27.2. The third-order valence-electron chi connectivity index (χ3n) is 7.93. The summed E-state index contributed by atoms with van der Waals surface area (Å²) in [6.07, 6.45) is 0.815. The van der Waals surface area contributed by atoms with Gasteiger partial charge >= 0.3 is 0 Å². The van der Waals surface area contributed by atoms with Gasteiger partial charge in [0.2, 0.25) is 11.8 Å². The van der Waals surface area contributed by atoms with E-state index in [1.54, 1.807) is 42.5 Å². The predicted octanol–water partition coefficient (Wildman–Crippen LogP) is 6.76. The molecule has 4 aromatic carbocycles. The molecule has 1 N–H and O–H groups in total. The Kier molecular flexibility index (Phi) is 12.7. The van der Waals surface area contributed by atoms with Crippen molar-refractivity contribution in [3.63, 3.8) is 0 Å². The maximum absolute atomic E-state index is 14.7. The van der Waals surface area contributed by atoms with E-state index in [9.17, 15) is 18.0 Å². The number of rotatable bonds is 15. The molecule has 0 aliphatic heterocycles. The number of hydrogen-bond acceptors (Lipinski definition) is 6. The Labute approximate surface area is 292 Å². The van der Waals surface area contributed by atoms with Crippen molar-refractivity contribution in [1.82, 2.24) is 10.2 Å². The summed E-state index contributed by atoms with van der Waals surface area (Å²) in [5.41, 5.74) is 1.38. The van der Waals surface area contributed by atoms with Crippen molar-refractivity contribution in [2.24, 2.45) is 0 Å². The molecule has 0 fully saturated rings. The summed E-state index contributed by atoms with van der Waals surface area (Å²) in [5, 5.41) is 3.61. The molecule has 2 amide bonds. The van der Waals surface area contributed by atoms with E-state index < -0.39 is 34.4 Å². The number of amides is 2. The molecular weight excluding hydrogens is 673 g/mol. The largest absolute Gasteiger partial charge is 0.493 e. The molecule has 2 atom stereocenters. The van der Waals surface area contributed by atoms with E-state index in [0.717, 1.165) is 9.87 Å². The van der Waals surface area contributed by atoms with E-state index in [2.05, 4.69) is 5.32 Å². The van der Waals surface area contributed by atoms with Crippen LogP contribution in [0.25, 0.3) is 0 Å². The first-order valence-corrected chi connectivity index (χ1v) is 17.6. The minimum absolute atomic E-state index is 0.0244. The van der Waals surface area contributed by atoms with E-state index >= 15 is 0 Å². The quantitative estimate of drug-likeness (QED) is 0.146. The Morgan fingerprint density at radius 2 is 1.44 bits per heavy atom. The van der Waals surface area contributed by atoms with Crippen LogP contribution in [0.3, 0.4) is 0 Å². The third-order valence-corrected chi connectivity index (χ3v) is 10.4. The van der Waals surface area contributed by atoms with Gasteiger partial charge in [-0.1, -0.05) is 84.7 Å². The molecule has 4 aromatic rings. The summed E-state index contributed by atoms with van der Waals surface area (Å²) >= 11 is 13.2. The van der Waals surface area contributed by atoms with Gasteiger partial charge in [-0.2, -0.15) is 0 Å². The second-order valence-electron chi connectivity index (χ2n) is 11.1. The number of benzene rings is 4. The molecule has 0 saturated carbocycles. The number of nitrogens with zero attached hydrogens (tertiary/aromatic N) is 2. The average Bonchev–Trinajstić information content (AvgIpc) is 3.10. The SMILES string of the molecule is CCC(C)NC(=O)C(Cc1ccccc1)N(Cc1c(Cl)cccc1Cl)C(=O)CN(c1ccc(OC)c(OC)c1)S(=O)(=O)c1ccccc1. The van der Waals surface area contributed by atoms with Gasteiger partial charge in [0.15, 0.2) is 11.5 Å². The van der Waals surface area contributed by atoms with Crippen molar-refractivity contribution in [3.8, 4) is 11.5 Å². The summed E-state index contributed by atoms with van der Waals surface area (Å²) in [6.45, 7) is 3.00. The highest BCUT2D eigenvalue weighted by molar-refractivity contribution is 7.92. The van der Waals surface area contributed by atoms with Crippen LogP contribution in [0.1, 0.15) is 31.4 Å². The Bertz CT molecular complexity index is 1790. The fraction of sp³-hybridized carbons (Fsp3) is 0.278. The second-order valence-corrected chi connectivity index (χ2v) is 13.8. The van der Waals surface area contributed by atoms with Crippen LogP contribution in [0, 0.1) is 0 Å². The maximum Gasteiger partial charge on any atom is 0.264 e. The van der Waals surface area contributed by atoms with Crippen LogP contribution in [-0.4, -0.2) is 58.0 Å². The van der Waals surface area contributed by atoms with Crippen LogP contribution < -0.4 is 19.1 Å². The molecule has 48 heavy (non-hydrogen) atoms. The molecular formula is C36H39Cl2N3O6S. The number of nitrogens with one attached hydrogen (secondary N) is 1. The number of carbonyl (C=O) groups is 2. The molecule has 0 aliphatic rings. The Morgan fingerprint density at radius 1 is 0.833 bits per heavy atom. The number of sulfonamides is 1. The van der Waals surface area contributed by atoms with Crippen LogP contribution in [-0.2, 0) is 32.6 Å². The molecule has 0 heterocycles. The number of methoxy groups -OCH3 is 2. The van der Waals surface area contributed by atoms with Gasteiger partial charge in [0, 0.05) is 40.7 Å². The van der Waals surface area contributed by atoms with Gasteiger partial charge in [-0.25, -0.2) is 8.42 Å². The number of anilines is 1.